The predicted octanol–water partition coefficient (Wildman–Crippen LogP) is 1.90. The molecular formula is C22H26O10S2. The summed E-state index contributed by atoms with van der Waals surface area (Å²) in [6.45, 7) is 2.68. The molecule has 2 aromatic carbocycles. The molecule has 12 heteroatoms. The molecule has 2 aliphatic rings. The Bertz CT molecular complexity index is 1080. The molecular weight excluding hydrogens is 488 g/mol. The molecule has 4 rings (SSSR count). The molecule has 2 aliphatic heterocycles. The highest BCUT2D eigenvalue weighted by atomic mass is 32.2. The van der Waals surface area contributed by atoms with Gasteiger partial charge in [0.1, 0.15) is 38.0 Å². The van der Waals surface area contributed by atoms with Crippen molar-refractivity contribution in [3.8, 4) is 0 Å². The van der Waals surface area contributed by atoms with Crippen molar-refractivity contribution in [3.63, 3.8) is 0 Å². The van der Waals surface area contributed by atoms with Crippen molar-refractivity contribution in [1.29, 1.82) is 0 Å². The molecule has 0 radical (unpaired) electrons. The molecule has 2 saturated heterocycles. The smallest absolute Gasteiger partial charge is 0.297 e. The first kappa shape index (κ1) is 25.2. The Morgan fingerprint density at radius 1 is 0.647 bits per heavy atom. The molecule has 4 atom stereocenters. The first-order valence-electron chi connectivity index (χ1n) is 10.5. The van der Waals surface area contributed by atoms with Gasteiger partial charge in [0.05, 0.1) is 23.0 Å². The van der Waals surface area contributed by atoms with Crippen LogP contribution in [0.15, 0.2) is 58.3 Å². The van der Waals surface area contributed by atoms with Crippen molar-refractivity contribution in [2.45, 2.75) is 48.1 Å². The minimum atomic E-state index is -4.02. The van der Waals surface area contributed by atoms with Gasteiger partial charge >= 0.3 is 0 Å². The summed E-state index contributed by atoms with van der Waals surface area (Å²) in [5, 5.41) is 0. The van der Waals surface area contributed by atoms with Crippen molar-refractivity contribution in [2.24, 2.45) is 0 Å². The fourth-order valence-electron chi connectivity index (χ4n) is 3.57. The first-order chi connectivity index (χ1) is 16.2. The fraction of sp³-hybridized carbons (Fsp3) is 0.455. The van der Waals surface area contributed by atoms with Crippen LogP contribution in [-0.2, 0) is 47.5 Å². The van der Waals surface area contributed by atoms with Crippen molar-refractivity contribution in [2.75, 3.05) is 26.8 Å². The van der Waals surface area contributed by atoms with Crippen LogP contribution in [0, 0.1) is 13.8 Å². The average Bonchev–Trinajstić information content (AvgIpc) is 3.22. The van der Waals surface area contributed by atoms with Gasteiger partial charge in [-0.2, -0.15) is 16.8 Å². The lowest BCUT2D eigenvalue weighted by Crippen LogP contribution is -2.45. The van der Waals surface area contributed by atoms with Crippen molar-refractivity contribution in [1.82, 2.24) is 0 Å². The van der Waals surface area contributed by atoms with Gasteiger partial charge in [0.25, 0.3) is 20.2 Å². The third-order valence-corrected chi connectivity index (χ3v) is 8.13. The molecule has 2 heterocycles. The summed E-state index contributed by atoms with van der Waals surface area (Å²) >= 11 is 0. The van der Waals surface area contributed by atoms with Gasteiger partial charge < -0.3 is 18.9 Å². The van der Waals surface area contributed by atoms with E-state index in [1.807, 2.05) is 13.8 Å². The van der Waals surface area contributed by atoms with Crippen molar-refractivity contribution in [3.05, 3.63) is 59.7 Å². The van der Waals surface area contributed by atoms with Crippen LogP contribution in [0.4, 0.5) is 0 Å². The molecule has 0 saturated carbocycles. The number of rotatable bonds is 8. The molecule has 186 valence electrons. The molecule has 0 bridgehead atoms. The maximum Gasteiger partial charge on any atom is 0.297 e. The lowest BCUT2D eigenvalue weighted by molar-refractivity contribution is -0.142. The zero-order valence-electron chi connectivity index (χ0n) is 18.7. The molecule has 2 fully saturated rings. The number of benzene rings is 2. The molecule has 0 amide bonds. The second-order valence-corrected chi connectivity index (χ2v) is 11.2. The van der Waals surface area contributed by atoms with Gasteiger partial charge in [0.2, 0.25) is 0 Å². The van der Waals surface area contributed by atoms with Crippen LogP contribution in [0.2, 0.25) is 0 Å². The summed E-state index contributed by atoms with van der Waals surface area (Å²) in [6.07, 6.45) is -3.14. The van der Waals surface area contributed by atoms with E-state index in [2.05, 4.69) is 0 Å². The number of hydrogen-bond donors (Lipinski definition) is 0. The highest BCUT2D eigenvalue weighted by Gasteiger charge is 2.45. The highest BCUT2D eigenvalue weighted by Crippen LogP contribution is 2.28. The van der Waals surface area contributed by atoms with E-state index in [0.717, 1.165) is 11.1 Å². The Morgan fingerprint density at radius 3 is 1.38 bits per heavy atom. The van der Waals surface area contributed by atoms with Gasteiger partial charge in [-0.05, 0) is 38.1 Å². The lowest BCUT2D eigenvalue weighted by atomic mass is 10.0. The third kappa shape index (κ3) is 5.83. The number of aryl methyl sites for hydroxylation is 2. The average molecular weight is 515 g/mol. The van der Waals surface area contributed by atoms with Gasteiger partial charge in [-0.25, -0.2) is 0 Å². The lowest BCUT2D eigenvalue weighted by Gasteiger charge is -2.25. The fourth-order valence-corrected chi connectivity index (χ4v) is 5.41. The van der Waals surface area contributed by atoms with Crippen LogP contribution >= 0.6 is 0 Å². The molecule has 0 aliphatic carbocycles. The minimum Gasteiger partial charge on any atom is -0.347 e. The van der Waals surface area contributed by atoms with E-state index < -0.39 is 44.7 Å². The normalized spacial score (nSPS) is 25.6. The van der Waals surface area contributed by atoms with Gasteiger partial charge in [0, 0.05) is 0 Å². The molecule has 0 spiro atoms. The second kappa shape index (κ2) is 10.4. The summed E-state index contributed by atoms with van der Waals surface area (Å²) in [5.74, 6) is 0. The van der Waals surface area contributed by atoms with E-state index >= 15 is 0 Å². The largest absolute Gasteiger partial charge is 0.347 e. The molecule has 0 aromatic heterocycles. The summed E-state index contributed by atoms with van der Waals surface area (Å²) in [5.41, 5.74) is 1.83. The van der Waals surface area contributed by atoms with Crippen molar-refractivity contribution >= 4 is 20.2 Å². The Hall–Kier alpha value is -1.90. The third-order valence-electron chi connectivity index (χ3n) is 5.54. The van der Waals surface area contributed by atoms with Crippen molar-refractivity contribution < 1.29 is 44.1 Å². The van der Waals surface area contributed by atoms with Crippen LogP contribution in [-0.4, -0.2) is 68.1 Å². The summed E-state index contributed by atoms with van der Waals surface area (Å²) in [6, 6.07) is 12.5. The van der Waals surface area contributed by atoms with E-state index in [1.165, 1.54) is 24.3 Å². The van der Waals surface area contributed by atoms with Gasteiger partial charge in [0.15, 0.2) is 0 Å². The Morgan fingerprint density at radius 2 is 1.00 bits per heavy atom. The maximum absolute atomic E-state index is 12.5. The van der Waals surface area contributed by atoms with Gasteiger partial charge in [-0.1, -0.05) is 35.4 Å². The van der Waals surface area contributed by atoms with Crippen LogP contribution < -0.4 is 0 Å². The van der Waals surface area contributed by atoms with E-state index in [9.17, 15) is 16.8 Å². The molecule has 0 unspecified atom stereocenters. The van der Waals surface area contributed by atoms with Crippen LogP contribution in [0.3, 0.4) is 0 Å². The summed E-state index contributed by atoms with van der Waals surface area (Å²) in [7, 11) is -8.03. The van der Waals surface area contributed by atoms with Gasteiger partial charge in [-0.3, -0.25) is 8.37 Å². The van der Waals surface area contributed by atoms with Crippen LogP contribution in [0.1, 0.15) is 11.1 Å². The van der Waals surface area contributed by atoms with E-state index in [4.69, 9.17) is 27.3 Å². The Kier molecular flexibility index (Phi) is 7.69. The molecule has 34 heavy (non-hydrogen) atoms. The Labute approximate surface area is 198 Å². The van der Waals surface area contributed by atoms with Crippen LogP contribution in [0.5, 0.6) is 0 Å². The molecule has 0 N–H and O–H groups in total. The first-order valence-corrected chi connectivity index (χ1v) is 13.4. The summed E-state index contributed by atoms with van der Waals surface area (Å²) < 4.78 is 82.9. The number of fused-ring (bicyclic) bond motifs is 1. The SMILES string of the molecule is Cc1ccc(S(=O)(=O)OC[C@@H]2OCO[C@H](COS(=O)(=O)c3ccc(C)cc3)[C@H]3OCO[C@H]32)cc1. The second-order valence-electron chi connectivity index (χ2n) is 8.01. The zero-order chi connectivity index (χ0) is 24.3. The topological polar surface area (TPSA) is 124 Å². The van der Waals surface area contributed by atoms with E-state index in [0.29, 0.717) is 0 Å². The monoisotopic (exact) mass is 514 g/mol. The van der Waals surface area contributed by atoms with E-state index in [1.54, 1.807) is 24.3 Å². The summed E-state index contributed by atoms with van der Waals surface area (Å²) in [4.78, 5) is 0.0476. The van der Waals surface area contributed by atoms with Crippen LogP contribution in [0.25, 0.3) is 0 Å². The molecule has 10 nitrogen and oxygen atoms in total. The minimum absolute atomic E-state index is 0.0238. The van der Waals surface area contributed by atoms with E-state index in [-0.39, 0.29) is 36.6 Å². The quantitative estimate of drug-likeness (QED) is 0.483. The number of ether oxygens (including phenoxy) is 4. The predicted molar refractivity (Wildman–Crippen MR) is 118 cm³/mol. The standard InChI is InChI=1S/C22H26O10S2/c1-15-3-7-17(8-4-15)33(23,24)31-11-19-21-22(30-14-29-21)20(28-13-27-19)12-32-34(25,26)18-9-5-16(2)6-10-18/h3-10,19-22H,11-14H2,1-2H3/t19-,20+,21-,22+. The maximum atomic E-state index is 12.5. The number of hydrogen-bond acceptors (Lipinski definition) is 10. The van der Waals surface area contributed by atoms with Gasteiger partial charge in [-0.15, -0.1) is 0 Å². The highest BCUT2D eigenvalue weighted by molar-refractivity contribution is 7.87. The Balaban J connectivity index is 1.39. The zero-order valence-corrected chi connectivity index (χ0v) is 20.3. The molecule has 2 aromatic rings.